The number of benzene rings is 1. The lowest BCUT2D eigenvalue weighted by atomic mass is 10.1. The highest BCUT2D eigenvalue weighted by atomic mass is 15.1. The molecule has 0 saturated heterocycles. The van der Waals surface area contributed by atoms with Gasteiger partial charge in [0.05, 0.1) is 5.69 Å². The van der Waals surface area contributed by atoms with Crippen molar-refractivity contribution in [1.29, 1.82) is 0 Å². The number of nitrogens with zero attached hydrogens (tertiary/aromatic N) is 4. The van der Waals surface area contributed by atoms with Gasteiger partial charge in [0.1, 0.15) is 6.33 Å². The van der Waals surface area contributed by atoms with E-state index in [1.807, 2.05) is 6.07 Å². The van der Waals surface area contributed by atoms with Crippen molar-refractivity contribution >= 4 is 10.9 Å². The summed E-state index contributed by atoms with van der Waals surface area (Å²) < 4.78 is 2.15. The third-order valence-corrected chi connectivity index (χ3v) is 4.08. The third-order valence-electron chi connectivity index (χ3n) is 4.08. The molecule has 0 radical (unpaired) electrons. The summed E-state index contributed by atoms with van der Waals surface area (Å²) in [6, 6.07) is 11.0. The van der Waals surface area contributed by atoms with Gasteiger partial charge in [-0.2, -0.15) is 0 Å². The summed E-state index contributed by atoms with van der Waals surface area (Å²) in [7, 11) is 4.20. The second-order valence-corrected chi connectivity index (χ2v) is 5.55. The minimum absolute atomic E-state index is 0.263. The predicted molar refractivity (Wildman–Crippen MR) is 84.8 cm³/mol. The summed E-state index contributed by atoms with van der Waals surface area (Å²) >= 11 is 0. The molecular formula is C17H20N4. The van der Waals surface area contributed by atoms with Gasteiger partial charge in [-0.1, -0.05) is 6.07 Å². The van der Waals surface area contributed by atoms with Crippen molar-refractivity contribution in [3.8, 4) is 0 Å². The van der Waals surface area contributed by atoms with Gasteiger partial charge in [-0.15, -0.1) is 0 Å². The molecule has 4 nitrogen and oxygen atoms in total. The molecular weight excluding hydrogens is 260 g/mol. The minimum Gasteiger partial charge on any atom is -0.351 e. The Bertz CT molecular complexity index is 733. The topological polar surface area (TPSA) is 34.0 Å². The molecule has 0 aliphatic carbocycles. The molecule has 0 aliphatic rings. The van der Waals surface area contributed by atoms with Gasteiger partial charge in [-0.25, -0.2) is 9.97 Å². The fourth-order valence-electron chi connectivity index (χ4n) is 2.63. The molecule has 0 amide bonds. The van der Waals surface area contributed by atoms with Crippen LogP contribution in [0.4, 0.5) is 0 Å². The second kappa shape index (κ2) is 5.66. The van der Waals surface area contributed by atoms with Crippen LogP contribution in [0.25, 0.3) is 10.9 Å². The number of aryl methyl sites for hydroxylation is 1. The average Bonchev–Trinajstić information content (AvgIpc) is 2.88. The molecule has 21 heavy (non-hydrogen) atoms. The summed E-state index contributed by atoms with van der Waals surface area (Å²) in [6.45, 7) is 3.07. The lowest BCUT2D eigenvalue weighted by Gasteiger charge is -2.24. The van der Waals surface area contributed by atoms with Crippen LogP contribution in [0.5, 0.6) is 0 Å². The van der Waals surface area contributed by atoms with Crippen LogP contribution < -0.4 is 0 Å². The molecule has 3 rings (SSSR count). The van der Waals surface area contributed by atoms with Gasteiger partial charge in [0, 0.05) is 37.5 Å². The molecule has 1 atom stereocenters. The first-order chi connectivity index (χ1) is 10.1. The number of hydrogen-bond acceptors (Lipinski definition) is 3. The van der Waals surface area contributed by atoms with Crippen molar-refractivity contribution in [2.75, 3.05) is 7.05 Å². The molecule has 0 saturated carbocycles. The molecule has 108 valence electrons. The van der Waals surface area contributed by atoms with Gasteiger partial charge >= 0.3 is 0 Å². The van der Waals surface area contributed by atoms with Crippen LogP contribution in [0.2, 0.25) is 0 Å². The Kier molecular flexibility index (Phi) is 3.71. The first-order valence-corrected chi connectivity index (χ1v) is 7.15. The van der Waals surface area contributed by atoms with E-state index in [1.54, 1.807) is 12.5 Å². The van der Waals surface area contributed by atoms with Crippen molar-refractivity contribution in [1.82, 2.24) is 19.4 Å². The standard InChI is InChI=1S/C17H20N4/c1-13(16-6-8-18-12-19-16)21(3)11-14-4-5-17-15(10-14)7-9-20(17)2/h4-10,12-13H,11H2,1-3H3. The van der Waals surface area contributed by atoms with E-state index in [-0.39, 0.29) is 6.04 Å². The SMILES string of the molecule is CC(c1ccncn1)N(C)Cc1ccc2c(ccn2C)c1. The first-order valence-electron chi connectivity index (χ1n) is 7.15. The van der Waals surface area contributed by atoms with Crippen LogP contribution >= 0.6 is 0 Å². The third kappa shape index (κ3) is 2.81. The zero-order valence-electron chi connectivity index (χ0n) is 12.7. The largest absolute Gasteiger partial charge is 0.351 e. The van der Waals surface area contributed by atoms with Crippen LogP contribution in [-0.4, -0.2) is 26.5 Å². The van der Waals surface area contributed by atoms with Gasteiger partial charge in [0.25, 0.3) is 0 Å². The highest BCUT2D eigenvalue weighted by Crippen LogP contribution is 2.21. The van der Waals surface area contributed by atoms with Crippen LogP contribution in [0, 0.1) is 0 Å². The Labute approximate surface area is 125 Å². The van der Waals surface area contributed by atoms with E-state index < -0.39 is 0 Å². The van der Waals surface area contributed by atoms with Gasteiger partial charge in [-0.05, 0) is 49.2 Å². The molecule has 0 fully saturated rings. The maximum absolute atomic E-state index is 4.34. The Hall–Kier alpha value is -2.20. The minimum atomic E-state index is 0.263. The lowest BCUT2D eigenvalue weighted by molar-refractivity contribution is 0.248. The highest BCUT2D eigenvalue weighted by Gasteiger charge is 2.13. The van der Waals surface area contributed by atoms with Gasteiger partial charge in [-0.3, -0.25) is 4.90 Å². The van der Waals surface area contributed by atoms with Crippen LogP contribution in [0.15, 0.2) is 49.1 Å². The maximum atomic E-state index is 4.34. The molecule has 4 heteroatoms. The summed E-state index contributed by atoms with van der Waals surface area (Å²) in [5.74, 6) is 0. The summed E-state index contributed by atoms with van der Waals surface area (Å²) in [5.41, 5.74) is 3.63. The van der Waals surface area contributed by atoms with Crippen molar-refractivity contribution in [3.63, 3.8) is 0 Å². The van der Waals surface area contributed by atoms with Gasteiger partial charge in [0.2, 0.25) is 0 Å². The predicted octanol–water partition coefficient (Wildman–Crippen LogP) is 3.16. The summed E-state index contributed by atoms with van der Waals surface area (Å²) in [6.07, 6.45) is 5.50. The molecule has 1 aromatic carbocycles. The van der Waals surface area contributed by atoms with Crippen LogP contribution in [0.1, 0.15) is 24.2 Å². The molecule has 0 spiro atoms. The highest BCUT2D eigenvalue weighted by molar-refractivity contribution is 5.80. The lowest BCUT2D eigenvalue weighted by Crippen LogP contribution is -2.22. The van der Waals surface area contributed by atoms with Gasteiger partial charge < -0.3 is 4.57 Å². The number of aromatic nitrogens is 3. The Balaban J connectivity index is 1.78. The molecule has 2 heterocycles. The van der Waals surface area contributed by atoms with E-state index in [1.165, 1.54) is 16.5 Å². The molecule has 0 aliphatic heterocycles. The van der Waals surface area contributed by atoms with Gasteiger partial charge in [0.15, 0.2) is 0 Å². The Morgan fingerprint density at radius 3 is 2.86 bits per heavy atom. The van der Waals surface area contributed by atoms with E-state index in [0.29, 0.717) is 0 Å². The Morgan fingerprint density at radius 2 is 2.10 bits per heavy atom. The molecule has 3 aromatic rings. The summed E-state index contributed by atoms with van der Waals surface area (Å²) in [4.78, 5) is 10.6. The Morgan fingerprint density at radius 1 is 1.24 bits per heavy atom. The van der Waals surface area contributed by atoms with Crippen LogP contribution in [-0.2, 0) is 13.6 Å². The van der Waals surface area contributed by atoms with E-state index in [9.17, 15) is 0 Å². The molecule has 2 aromatic heterocycles. The van der Waals surface area contributed by atoms with E-state index in [2.05, 4.69) is 70.9 Å². The molecule has 0 bridgehead atoms. The number of hydrogen-bond donors (Lipinski definition) is 0. The monoisotopic (exact) mass is 280 g/mol. The van der Waals surface area contributed by atoms with E-state index in [0.717, 1.165) is 12.2 Å². The number of rotatable bonds is 4. The fourth-order valence-corrected chi connectivity index (χ4v) is 2.63. The summed E-state index contributed by atoms with van der Waals surface area (Å²) in [5, 5.41) is 1.29. The number of fused-ring (bicyclic) bond motifs is 1. The first kappa shape index (κ1) is 13.8. The second-order valence-electron chi connectivity index (χ2n) is 5.55. The molecule has 0 N–H and O–H groups in total. The average molecular weight is 280 g/mol. The fraction of sp³-hybridized carbons (Fsp3) is 0.294. The molecule has 1 unspecified atom stereocenters. The van der Waals surface area contributed by atoms with Crippen molar-refractivity contribution in [3.05, 3.63) is 60.3 Å². The smallest absolute Gasteiger partial charge is 0.115 e. The van der Waals surface area contributed by atoms with Crippen molar-refractivity contribution < 1.29 is 0 Å². The van der Waals surface area contributed by atoms with E-state index >= 15 is 0 Å². The van der Waals surface area contributed by atoms with E-state index in [4.69, 9.17) is 0 Å². The van der Waals surface area contributed by atoms with Crippen LogP contribution in [0.3, 0.4) is 0 Å². The van der Waals surface area contributed by atoms with Crippen molar-refractivity contribution in [2.24, 2.45) is 7.05 Å². The quantitative estimate of drug-likeness (QED) is 0.736. The van der Waals surface area contributed by atoms with Crippen molar-refractivity contribution in [2.45, 2.75) is 19.5 Å². The maximum Gasteiger partial charge on any atom is 0.115 e. The zero-order chi connectivity index (χ0) is 14.8. The normalized spacial score (nSPS) is 13.0. The zero-order valence-corrected chi connectivity index (χ0v) is 12.7.